The maximum Gasteiger partial charge on any atom is 0.250 e. The molecule has 0 saturated heterocycles. The Morgan fingerprint density at radius 1 is 1.69 bits per heavy atom. The minimum Gasteiger partial charge on any atom is -0.392 e. The predicted octanol–water partition coefficient (Wildman–Crippen LogP) is 2.21. The fourth-order valence-electron chi connectivity index (χ4n) is 0.881. The third kappa shape index (κ3) is 3.68. The van der Waals surface area contributed by atoms with Gasteiger partial charge in [-0.3, -0.25) is 0 Å². The van der Waals surface area contributed by atoms with Crippen molar-refractivity contribution in [2.45, 2.75) is 23.7 Å². The Morgan fingerprint density at radius 2 is 2.31 bits per heavy atom. The summed E-state index contributed by atoms with van der Waals surface area (Å²) in [5.74, 6) is 0. The molecule has 1 aromatic rings. The highest BCUT2D eigenvalue weighted by Gasteiger charge is 2.19. The molecule has 0 radical (unpaired) electrons. The van der Waals surface area contributed by atoms with Gasteiger partial charge in [0.2, 0.25) is 10.0 Å². The van der Waals surface area contributed by atoms with Crippen LogP contribution in [0.2, 0.25) is 5.02 Å². The summed E-state index contributed by atoms with van der Waals surface area (Å²) in [5.41, 5.74) is 0. The first-order valence-electron chi connectivity index (χ1n) is 4.49. The summed E-state index contributed by atoms with van der Waals surface area (Å²) in [6.07, 6.45) is -0.175. The molecule has 0 aromatic carbocycles. The highest BCUT2D eigenvalue weighted by molar-refractivity contribution is 9.11. The molecule has 16 heavy (non-hydrogen) atoms. The largest absolute Gasteiger partial charge is 0.392 e. The quantitative estimate of drug-likeness (QED) is 0.857. The van der Waals surface area contributed by atoms with Gasteiger partial charge in [-0.1, -0.05) is 18.5 Å². The molecule has 0 aliphatic heterocycles. The van der Waals surface area contributed by atoms with Crippen LogP contribution in [0.15, 0.2) is 14.1 Å². The van der Waals surface area contributed by atoms with Gasteiger partial charge in [-0.2, -0.15) is 0 Å². The second kappa shape index (κ2) is 5.79. The highest BCUT2D eigenvalue weighted by atomic mass is 79.9. The Hall–Kier alpha value is 0.340. The van der Waals surface area contributed by atoms with Gasteiger partial charge in [0, 0.05) is 6.54 Å². The van der Waals surface area contributed by atoms with Crippen molar-refractivity contribution >= 4 is 48.9 Å². The van der Waals surface area contributed by atoms with Crippen LogP contribution in [-0.2, 0) is 10.0 Å². The highest BCUT2D eigenvalue weighted by Crippen LogP contribution is 2.34. The number of hydrogen-bond donors (Lipinski definition) is 2. The van der Waals surface area contributed by atoms with E-state index in [9.17, 15) is 13.5 Å². The van der Waals surface area contributed by atoms with Gasteiger partial charge < -0.3 is 5.11 Å². The fraction of sp³-hybridized carbons (Fsp3) is 0.500. The zero-order valence-electron chi connectivity index (χ0n) is 8.41. The number of thiophene rings is 1. The van der Waals surface area contributed by atoms with E-state index in [0.29, 0.717) is 15.2 Å². The van der Waals surface area contributed by atoms with Crippen LogP contribution < -0.4 is 4.72 Å². The summed E-state index contributed by atoms with van der Waals surface area (Å²) < 4.78 is 26.5. The summed E-state index contributed by atoms with van der Waals surface area (Å²) >= 11 is 9.93. The van der Waals surface area contributed by atoms with Crippen molar-refractivity contribution in [2.75, 3.05) is 6.54 Å². The number of halogens is 2. The lowest BCUT2D eigenvalue weighted by molar-refractivity contribution is 0.174. The third-order valence-corrected chi connectivity index (χ3v) is 6.24. The van der Waals surface area contributed by atoms with Crippen molar-refractivity contribution in [1.82, 2.24) is 4.72 Å². The van der Waals surface area contributed by atoms with Crippen molar-refractivity contribution in [1.29, 1.82) is 0 Å². The Bertz CT molecular complexity index is 440. The van der Waals surface area contributed by atoms with E-state index in [4.69, 9.17) is 11.6 Å². The molecule has 0 bridgehead atoms. The topological polar surface area (TPSA) is 66.4 Å². The van der Waals surface area contributed by atoms with E-state index in [1.807, 2.05) is 0 Å². The van der Waals surface area contributed by atoms with Gasteiger partial charge >= 0.3 is 0 Å². The first kappa shape index (κ1) is 14.4. The van der Waals surface area contributed by atoms with Gasteiger partial charge in [0.05, 0.1) is 14.9 Å². The SMILES string of the molecule is CCC(O)CNS(=O)(=O)c1cc(Cl)c(Br)s1. The molecule has 0 aliphatic rings. The van der Waals surface area contributed by atoms with E-state index < -0.39 is 16.1 Å². The van der Waals surface area contributed by atoms with Crippen LogP contribution in [0.5, 0.6) is 0 Å². The first-order valence-corrected chi connectivity index (χ1v) is 7.96. The van der Waals surface area contributed by atoms with Gasteiger partial charge in [-0.25, -0.2) is 13.1 Å². The molecule has 1 unspecified atom stereocenters. The van der Waals surface area contributed by atoms with Crippen molar-refractivity contribution in [3.05, 3.63) is 14.9 Å². The van der Waals surface area contributed by atoms with Crippen LogP contribution in [0.4, 0.5) is 0 Å². The van der Waals surface area contributed by atoms with E-state index in [0.717, 1.165) is 11.3 Å². The summed E-state index contributed by atoms with van der Waals surface area (Å²) in [6.45, 7) is 1.78. The number of rotatable bonds is 5. The normalized spacial score (nSPS) is 14.0. The molecule has 2 N–H and O–H groups in total. The van der Waals surface area contributed by atoms with Gasteiger partial charge in [0.15, 0.2) is 0 Å². The molecular weight excluding hydrogens is 338 g/mol. The van der Waals surface area contributed by atoms with Crippen LogP contribution in [0.3, 0.4) is 0 Å². The molecular formula is C8H11BrClNO3S2. The summed E-state index contributed by atoms with van der Waals surface area (Å²) in [7, 11) is -3.57. The lowest BCUT2D eigenvalue weighted by Gasteiger charge is -2.08. The van der Waals surface area contributed by atoms with Crippen molar-refractivity contribution in [3.8, 4) is 0 Å². The number of hydrogen-bond acceptors (Lipinski definition) is 4. The summed E-state index contributed by atoms with van der Waals surface area (Å²) in [6, 6.07) is 1.37. The van der Waals surface area contributed by atoms with Crippen molar-refractivity contribution in [2.24, 2.45) is 0 Å². The maximum absolute atomic E-state index is 11.7. The molecule has 4 nitrogen and oxygen atoms in total. The van der Waals surface area contributed by atoms with Crippen LogP contribution in [-0.4, -0.2) is 26.2 Å². The van der Waals surface area contributed by atoms with Crippen LogP contribution in [0, 0.1) is 0 Å². The van der Waals surface area contributed by atoms with Gasteiger partial charge in [-0.15, -0.1) is 11.3 Å². The smallest absolute Gasteiger partial charge is 0.250 e. The molecule has 8 heteroatoms. The van der Waals surface area contributed by atoms with Crippen molar-refractivity contribution in [3.63, 3.8) is 0 Å². The van der Waals surface area contributed by atoms with Crippen LogP contribution in [0.25, 0.3) is 0 Å². The second-order valence-corrected chi connectivity index (χ2v) is 7.87. The summed E-state index contributed by atoms with van der Waals surface area (Å²) in [5, 5.41) is 9.63. The van der Waals surface area contributed by atoms with E-state index in [-0.39, 0.29) is 10.8 Å². The molecule has 0 spiro atoms. The van der Waals surface area contributed by atoms with E-state index in [1.165, 1.54) is 6.07 Å². The number of sulfonamides is 1. The number of aliphatic hydroxyl groups excluding tert-OH is 1. The van der Waals surface area contributed by atoms with E-state index in [1.54, 1.807) is 6.92 Å². The second-order valence-electron chi connectivity index (χ2n) is 3.10. The molecule has 1 heterocycles. The molecule has 1 atom stereocenters. The Morgan fingerprint density at radius 3 is 2.75 bits per heavy atom. The van der Waals surface area contributed by atoms with Gasteiger partial charge in [0.25, 0.3) is 0 Å². The zero-order chi connectivity index (χ0) is 12.3. The Balaban J connectivity index is 2.78. The first-order chi connectivity index (χ1) is 7.36. The third-order valence-electron chi connectivity index (χ3n) is 1.87. The molecule has 1 rings (SSSR count). The number of nitrogens with one attached hydrogen (secondary N) is 1. The van der Waals surface area contributed by atoms with Crippen LogP contribution >= 0.6 is 38.9 Å². The van der Waals surface area contributed by atoms with Gasteiger partial charge in [0.1, 0.15) is 4.21 Å². The minimum absolute atomic E-state index is 0.00592. The molecule has 1 aromatic heterocycles. The Kier molecular flexibility index (Phi) is 5.21. The average Bonchev–Trinajstić information content (AvgIpc) is 2.56. The summed E-state index contributed by atoms with van der Waals surface area (Å²) in [4.78, 5) is 0. The fourth-order valence-corrected chi connectivity index (χ4v) is 4.40. The zero-order valence-corrected chi connectivity index (χ0v) is 12.4. The van der Waals surface area contributed by atoms with E-state index >= 15 is 0 Å². The minimum atomic E-state index is -3.57. The molecule has 0 fully saturated rings. The van der Waals surface area contributed by atoms with Crippen molar-refractivity contribution < 1.29 is 13.5 Å². The average molecular weight is 349 g/mol. The van der Waals surface area contributed by atoms with E-state index in [2.05, 4.69) is 20.7 Å². The monoisotopic (exact) mass is 347 g/mol. The Labute approximate surface area is 112 Å². The molecule has 0 aliphatic carbocycles. The number of aliphatic hydroxyl groups is 1. The maximum atomic E-state index is 11.7. The lowest BCUT2D eigenvalue weighted by Crippen LogP contribution is -2.31. The predicted molar refractivity (Wildman–Crippen MR) is 68.5 cm³/mol. The van der Waals surface area contributed by atoms with Gasteiger partial charge in [-0.05, 0) is 28.4 Å². The standard InChI is InChI=1S/C8H11BrClNO3S2/c1-2-5(12)4-11-16(13,14)7-3-6(10)8(9)15-7/h3,5,11-12H,2,4H2,1H3. The molecule has 92 valence electrons. The lowest BCUT2D eigenvalue weighted by atomic mass is 10.3. The molecule has 0 saturated carbocycles. The van der Waals surface area contributed by atoms with Crippen LogP contribution in [0.1, 0.15) is 13.3 Å². The molecule has 0 amide bonds.